The van der Waals surface area contributed by atoms with Gasteiger partial charge in [0, 0.05) is 6.04 Å². The molecule has 5 heteroatoms. The van der Waals surface area contributed by atoms with Gasteiger partial charge in [-0.2, -0.15) is 0 Å². The highest BCUT2D eigenvalue weighted by molar-refractivity contribution is 5.86. The SMILES string of the molecule is CC(Nc1nc(C(=O)O)ccc1N)C(C)(C)C. The molecule has 0 bridgehead atoms. The topological polar surface area (TPSA) is 88.2 Å². The Morgan fingerprint density at radius 3 is 2.53 bits per heavy atom. The van der Waals surface area contributed by atoms with E-state index in [-0.39, 0.29) is 17.2 Å². The second-order valence-corrected chi connectivity index (χ2v) is 5.17. The van der Waals surface area contributed by atoms with Gasteiger partial charge >= 0.3 is 5.97 Å². The first-order chi connectivity index (χ1) is 7.71. The highest BCUT2D eigenvalue weighted by Gasteiger charge is 2.21. The molecule has 17 heavy (non-hydrogen) atoms. The molecule has 0 aromatic carbocycles. The Balaban J connectivity index is 2.98. The number of nitrogens with one attached hydrogen (secondary N) is 1. The van der Waals surface area contributed by atoms with E-state index in [1.54, 1.807) is 6.07 Å². The van der Waals surface area contributed by atoms with E-state index in [0.717, 1.165) is 0 Å². The van der Waals surface area contributed by atoms with E-state index in [2.05, 4.69) is 31.1 Å². The third-order valence-corrected chi connectivity index (χ3v) is 2.80. The number of nitrogens with zero attached hydrogens (tertiary/aromatic N) is 1. The summed E-state index contributed by atoms with van der Waals surface area (Å²) < 4.78 is 0. The summed E-state index contributed by atoms with van der Waals surface area (Å²) in [5.41, 5.74) is 6.24. The average Bonchev–Trinajstić information content (AvgIpc) is 2.19. The molecule has 94 valence electrons. The minimum atomic E-state index is -1.06. The molecule has 0 aliphatic rings. The number of anilines is 2. The number of carbonyl (C=O) groups is 1. The molecular weight excluding hydrogens is 218 g/mol. The van der Waals surface area contributed by atoms with Gasteiger partial charge in [0.05, 0.1) is 5.69 Å². The van der Waals surface area contributed by atoms with Crippen molar-refractivity contribution in [3.63, 3.8) is 0 Å². The van der Waals surface area contributed by atoms with Gasteiger partial charge in [0.1, 0.15) is 5.82 Å². The standard InChI is InChI=1S/C12H19N3O2/c1-7(12(2,3)4)14-10-8(13)5-6-9(15-10)11(16)17/h5-7H,13H2,1-4H3,(H,14,15)(H,16,17). The highest BCUT2D eigenvalue weighted by Crippen LogP contribution is 2.24. The Bertz CT molecular complexity index is 424. The minimum absolute atomic E-state index is 0.0113. The van der Waals surface area contributed by atoms with Crippen molar-refractivity contribution in [3.8, 4) is 0 Å². The van der Waals surface area contributed by atoms with Gasteiger partial charge in [-0.05, 0) is 24.5 Å². The Labute approximate surface area is 101 Å². The van der Waals surface area contributed by atoms with Crippen molar-refractivity contribution in [2.75, 3.05) is 11.1 Å². The second kappa shape index (κ2) is 4.61. The summed E-state index contributed by atoms with van der Waals surface area (Å²) in [4.78, 5) is 14.8. The lowest BCUT2D eigenvalue weighted by atomic mass is 9.88. The average molecular weight is 237 g/mol. The molecule has 0 amide bonds. The lowest BCUT2D eigenvalue weighted by molar-refractivity contribution is 0.0690. The lowest BCUT2D eigenvalue weighted by Crippen LogP contribution is -2.31. The minimum Gasteiger partial charge on any atom is -0.477 e. The van der Waals surface area contributed by atoms with Crippen LogP contribution in [0.15, 0.2) is 12.1 Å². The molecule has 0 aliphatic heterocycles. The molecule has 5 nitrogen and oxygen atoms in total. The molecule has 1 atom stereocenters. The lowest BCUT2D eigenvalue weighted by Gasteiger charge is -2.29. The molecule has 1 unspecified atom stereocenters. The molecule has 1 heterocycles. The highest BCUT2D eigenvalue weighted by atomic mass is 16.4. The molecule has 0 saturated carbocycles. The summed E-state index contributed by atoms with van der Waals surface area (Å²) in [6, 6.07) is 3.07. The fourth-order valence-corrected chi connectivity index (χ4v) is 1.13. The van der Waals surface area contributed by atoms with Crippen molar-refractivity contribution in [3.05, 3.63) is 17.8 Å². The normalized spacial score (nSPS) is 13.2. The van der Waals surface area contributed by atoms with Crippen LogP contribution in [0.25, 0.3) is 0 Å². The number of hydrogen-bond donors (Lipinski definition) is 3. The summed E-state index contributed by atoms with van der Waals surface area (Å²) in [7, 11) is 0. The second-order valence-electron chi connectivity index (χ2n) is 5.17. The molecular formula is C12H19N3O2. The van der Waals surface area contributed by atoms with Crippen LogP contribution < -0.4 is 11.1 Å². The van der Waals surface area contributed by atoms with Crippen molar-refractivity contribution in [1.29, 1.82) is 0 Å². The van der Waals surface area contributed by atoms with Crippen LogP contribution in [0.2, 0.25) is 0 Å². The van der Waals surface area contributed by atoms with Crippen molar-refractivity contribution in [1.82, 2.24) is 4.98 Å². The van der Waals surface area contributed by atoms with Gasteiger partial charge in [-0.1, -0.05) is 20.8 Å². The van der Waals surface area contributed by atoms with Crippen LogP contribution in [-0.2, 0) is 0 Å². The Morgan fingerprint density at radius 2 is 2.06 bits per heavy atom. The van der Waals surface area contributed by atoms with Crippen molar-refractivity contribution < 1.29 is 9.90 Å². The third-order valence-electron chi connectivity index (χ3n) is 2.80. The zero-order valence-corrected chi connectivity index (χ0v) is 10.6. The van der Waals surface area contributed by atoms with Crippen LogP contribution in [-0.4, -0.2) is 22.1 Å². The van der Waals surface area contributed by atoms with Crippen molar-refractivity contribution in [2.45, 2.75) is 33.7 Å². The van der Waals surface area contributed by atoms with E-state index < -0.39 is 5.97 Å². The number of aromatic carboxylic acids is 1. The van der Waals surface area contributed by atoms with Crippen molar-refractivity contribution in [2.24, 2.45) is 5.41 Å². The van der Waals surface area contributed by atoms with Crippen LogP contribution in [0.3, 0.4) is 0 Å². The number of pyridine rings is 1. The first-order valence-corrected chi connectivity index (χ1v) is 5.48. The summed E-state index contributed by atoms with van der Waals surface area (Å²) >= 11 is 0. The molecule has 1 rings (SSSR count). The van der Waals surface area contributed by atoms with Crippen LogP contribution in [0.1, 0.15) is 38.2 Å². The number of rotatable bonds is 3. The monoisotopic (exact) mass is 237 g/mol. The Kier molecular flexibility index (Phi) is 3.60. The van der Waals surface area contributed by atoms with E-state index in [0.29, 0.717) is 11.5 Å². The van der Waals surface area contributed by atoms with Crippen molar-refractivity contribution >= 4 is 17.5 Å². The number of aromatic nitrogens is 1. The first kappa shape index (κ1) is 13.3. The smallest absolute Gasteiger partial charge is 0.354 e. The quantitative estimate of drug-likeness (QED) is 0.750. The number of nitrogen functional groups attached to an aromatic ring is 1. The molecule has 0 aliphatic carbocycles. The number of hydrogen-bond acceptors (Lipinski definition) is 4. The van der Waals surface area contributed by atoms with E-state index in [9.17, 15) is 4.79 Å². The van der Waals surface area contributed by atoms with Gasteiger partial charge in [0.15, 0.2) is 5.69 Å². The number of carboxylic acid groups (broad SMARTS) is 1. The van der Waals surface area contributed by atoms with E-state index in [1.165, 1.54) is 6.07 Å². The number of carboxylic acids is 1. The van der Waals surface area contributed by atoms with Gasteiger partial charge in [0.2, 0.25) is 0 Å². The molecule has 0 spiro atoms. The molecule has 0 saturated heterocycles. The van der Waals surface area contributed by atoms with E-state index >= 15 is 0 Å². The summed E-state index contributed by atoms with van der Waals surface area (Å²) in [5.74, 6) is -0.635. The predicted octanol–water partition coefficient (Wildman–Crippen LogP) is 2.21. The maximum atomic E-state index is 10.8. The molecule has 1 aromatic heterocycles. The third kappa shape index (κ3) is 3.34. The predicted molar refractivity (Wildman–Crippen MR) is 68.1 cm³/mol. The molecule has 0 fully saturated rings. The van der Waals surface area contributed by atoms with Gasteiger partial charge in [0.25, 0.3) is 0 Å². The zero-order chi connectivity index (χ0) is 13.2. The van der Waals surface area contributed by atoms with Crippen LogP contribution in [0, 0.1) is 5.41 Å². The molecule has 1 aromatic rings. The molecule has 0 radical (unpaired) electrons. The van der Waals surface area contributed by atoms with Gasteiger partial charge in [-0.3, -0.25) is 0 Å². The van der Waals surface area contributed by atoms with Gasteiger partial charge in [-0.25, -0.2) is 9.78 Å². The van der Waals surface area contributed by atoms with Crippen LogP contribution in [0.4, 0.5) is 11.5 Å². The fraction of sp³-hybridized carbons (Fsp3) is 0.500. The number of nitrogens with two attached hydrogens (primary N) is 1. The van der Waals surface area contributed by atoms with Gasteiger partial charge in [-0.15, -0.1) is 0 Å². The van der Waals surface area contributed by atoms with Crippen LogP contribution in [0.5, 0.6) is 0 Å². The summed E-state index contributed by atoms with van der Waals surface area (Å²) in [5, 5.41) is 12.0. The first-order valence-electron chi connectivity index (χ1n) is 5.48. The Hall–Kier alpha value is -1.78. The largest absolute Gasteiger partial charge is 0.477 e. The molecule has 4 N–H and O–H groups in total. The van der Waals surface area contributed by atoms with E-state index in [4.69, 9.17) is 10.8 Å². The summed E-state index contributed by atoms with van der Waals surface area (Å²) in [6.07, 6.45) is 0. The van der Waals surface area contributed by atoms with Crippen LogP contribution >= 0.6 is 0 Å². The fourth-order valence-electron chi connectivity index (χ4n) is 1.13. The summed E-state index contributed by atoms with van der Waals surface area (Å²) in [6.45, 7) is 8.26. The zero-order valence-electron chi connectivity index (χ0n) is 10.6. The maximum absolute atomic E-state index is 10.8. The van der Waals surface area contributed by atoms with E-state index in [1.807, 2.05) is 6.92 Å². The Morgan fingerprint density at radius 1 is 1.47 bits per heavy atom. The maximum Gasteiger partial charge on any atom is 0.354 e. The van der Waals surface area contributed by atoms with Gasteiger partial charge < -0.3 is 16.2 Å².